The third-order valence-electron chi connectivity index (χ3n) is 7.34. The maximum Gasteiger partial charge on any atom is 0.326 e. The van der Waals surface area contributed by atoms with Crippen molar-refractivity contribution in [2.24, 2.45) is 17.2 Å². The molecule has 1 aliphatic rings. The van der Waals surface area contributed by atoms with E-state index in [1.807, 2.05) is 0 Å². The van der Waals surface area contributed by atoms with E-state index in [2.05, 4.69) is 20.9 Å². The summed E-state index contributed by atoms with van der Waals surface area (Å²) < 4.78 is 0. The Balaban J connectivity index is 1.74. The normalized spacial score (nSPS) is 16.9. The van der Waals surface area contributed by atoms with Crippen LogP contribution in [0.2, 0.25) is 0 Å². The number of nitrogens with zero attached hydrogens (tertiary/aromatic N) is 1. The SMILES string of the molecule is NC(=O)C[C@H](NC(=O)[C@@H]1CCCN1C(=O)[C@H](CC(N)=O)NC(=O)[C@@H](N)CC(=O)O)C(=O)N[C@@H](Cc1c[nH]c2ccccc12)C(=O)O. The number of aliphatic carboxylic acids is 2. The van der Waals surface area contributed by atoms with Crippen molar-refractivity contribution < 1.29 is 48.6 Å². The van der Waals surface area contributed by atoms with Gasteiger partial charge in [0.15, 0.2) is 0 Å². The molecule has 0 radical (unpaired) electrons. The Morgan fingerprint density at radius 2 is 1.50 bits per heavy atom. The molecule has 3 rings (SSSR count). The second-order valence-corrected chi connectivity index (χ2v) is 10.8. The number of rotatable bonds is 16. The lowest BCUT2D eigenvalue weighted by Gasteiger charge is -2.30. The topological polar surface area (TPSA) is 310 Å². The highest BCUT2D eigenvalue weighted by Gasteiger charge is 2.40. The van der Waals surface area contributed by atoms with E-state index in [-0.39, 0.29) is 19.4 Å². The third kappa shape index (κ3) is 9.24. The van der Waals surface area contributed by atoms with Gasteiger partial charge in [-0.25, -0.2) is 4.79 Å². The fraction of sp³-hybridized carbons (Fsp3) is 0.429. The van der Waals surface area contributed by atoms with Crippen molar-refractivity contribution in [3.63, 3.8) is 0 Å². The number of likely N-dealkylation sites (tertiary alicyclic amines) is 1. The summed E-state index contributed by atoms with van der Waals surface area (Å²) in [5.74, 6) is -8.55. The van der Waals surface area contributed by atoms with Crippen molar-refractivity contribution in [2.75, 3.05) is 6.54 Å². The fourth-order valence-corrected chi connectivity index (χ4v) is 5.14. The Bertz CT molecular complexity index is 1520. The van der Waals surface area contributed by atoms with E-state index in [4.69, 9.17) is 22.3 Å². The molecule has 46 heavy (non-hydrogen) atoms. The minimum atomic E-state index is -1.61. The first-order chi connectivity index (χ1) is 21.7. The first-order valence-corrected chi connectivity index (χ1v) is 14.2. The summed E-state index contributed by atoms with van der Waals surface area (Å²) in [7, 11) is 0. The van der Waals surface area contributed by atoms with Crippen LogP contribution in [-0.2, 0) is 44.8 Å². The van der Waals surface area contributed by atoms with Gasteiger partial charge in [0.1, 0.15) is 24.2 Å². The van der Waals surface area contributed by atoms with Crippen LogP contribution in [0.15, 0.2) is 30.5 Å². The van der Waals surface area contributed by atoms with Gasteiger partial charge in [0, 0.05) is 30.1 Å². The molecule has 18 nitrogen and oxygen atoms in total. The number of aromatic nitrogens is 1. The molecule has 2 heterocycles. The number of hydrogen-bond acceptors (Lipinski definition) is 9. The quantitative estimate of drug-likeness (QED) is 0.0876. The van der Waals surface area contributed by atoms with Crippen LogP contribution in [-0.4, -0.2) is 104 Å². The van der Waals surface area contributed by atoms with Gasteiger partial charge >= 0.3 is 11.9 Å². The number of carboxylic acids is 2. The van der Waals surface area contributed by atoms with Crippen LogP contribution in [0.1, 0.15) is 37.7 Å². The van der Waals surface area contributed by atoms with Gasteiger partial charge < -0.3 is 53.2 Å². The average molecular weight is 645 g/mol. The van der Waals surface area contributed by atoms with Crippen LogP contribution in [0.5, 0.6) is 0 Å². The summed E-state index contributed by atoms with van der Waals surface area (Å²) in [4.78, 5) is 103. The molecule has 248 valence electrons. The predicted molar refractivity (Wildman–Crippen MR) is 158 cm³/mol. The number of carboxylic acid groups (broad SMARTS) is 2. The van der Waals surface area contributed by atoms with Crippen LogP contribution in [0.3, 0.4) is 0 Å². The van der Waals surface area contributed by atoms with Gasteiger partial charge in [0.25, 0.3) is 0 Å². The molecule has 0 bridgehead atoms. The number of H-pyrrole nitrogens is 1. The van der Waals surface area contributed by atoms with Crippen LogP contribution in [0.25, 0.3) is 10.9 Å². The number of benzene rings is 1. The van der Waals surface area contributed by atoms with Crippen molar-refractivity contribution in [3.8, 4) is 0 Å². The van der Waals surface area contributed by atoms with Gasteiger partial charge in [-0.2, -0.15) is 0 Å². The molecule has 1 aromatic carbocycles. The molecule has 5 atom stereocenters. The molecular formula is C28H36N8O10. The first-order valence-electron chi connectivity index (χ1n) is 14.2. The molecule has 0 spiro atoms. The molecule has 2 aromatic rings. The minimum Gasteiger partial charge on any atom is -0.481 e. The molecule has 1 aromatic heterocycles. The molecule has 6 amide bonds. The highest BCUT2D eigenvalue weighted by Crippen LogP contribution is 2.21. The van der Waals surface area contributed by atoms with Crippen molar-refractivity contribution in [1.29, 1.82) is 0 Å². The maximum absolute atomic E-state index is 13.4. The molecule has 12 N–H and O–H groups in total. The number of fused-ring (bicyclic) bond motifs is 1. The summed E-state index contributed by atoms with van der Waals surface area (Å²) >= 11 is 0. The average Bonchev–Trinajstić information content (AvgIpc) is 3.62. The monoisotopic (exact) mass is 644 g/mol. The van der Waals surface area contributed by atoms with E-state index in [1.165, 1.54) is 0 Å². The Morgan fingerprint density at radius 3 is 2.13 bits per heavy atom. The third-order valence-corrected chi connectivity index (χ3v) is 7.34. The van der Waals surface area contributed by atoms with Gasteiger partial charge in [-0.05, 0) is 24.5 Å². The van der Waals surface area contributed by atoms with Gasteiger partial charge in [-0.3, -0.25) is 33.6 Å². The molecular weight excluding hydrogens is 608 g/mol. The van der Waals surface area contributed by atoms with Crippen molar-refractivity contribution >= 4 is 58.3 Å². The summed E-state index contributed by atoms with van der Waals surface area (Å²) in [6, 6.07) is -0.282. The Hall–Kier alpha value is -5.52. The van der Waals surface area contributed by atoms with Crippen LogP contribution >= 0.6 is 0 Å². The Kier molecular flexibility index (Phi) is 11.8. The lowest BCUT2D eigenvalue weighted by molar-refractivity contribution is -0.144. The molecule has 1 fully saturated rings. The summed E-state index contributed by atoms with van der Waals surface area (Å²) in [6.07, 6.45) is -0.264. The number of primary amides is 2. The van der Waals surface area contributed by atoms with Crippen LogP contribution < -0.4 is 33.2 Å². The molecule has 18 heteroatoms. The fourth-order valence-electron chi connectivity index (χ4n) is 5.14. The smallest absolute Gasteiger partial charge is 0.326 e. The van der Waals surface area contributed by atoms with E-state index < -0.39 is 96.9 Å². The van der Waals surface area contributed by atoms with Gasteiger partial charge in [-0.15, -0.1) is 0 Å². The maximum atomic E-state index is 13.4. The Morgan fingerprint density at radius 1 is 0.870 bits per heavy atom. The molecule has 0 aliphatic carbocycles. The van der Waals surface area contributed by atoms with Gasteiger partial charge in [0.2, 0.25) is 35.4 Å². The number of para-hydroxylation sites is 1. The number of carbonyl (C=O) groups excluding carboxylic acids is 6. The highest BCUT2D eigenvalue weighted by atomic mass is 16.4. The molecule has 0 unspecified atom stereocenters. The molecule has 1 saturated heterocycles. The second kappa shape index (κ2) is 15.5. The van der Waals surface area contributed by atoms with Gasteiger partial charge in [0.05, 0.1) is 25.3 Å². The largest absolute Gasteiger partial charge is 0.481 e. The second-order valence-electron chi connectivity index (χ2n) is 10.8. The summed E-state index contributed by atoms with van der Waals surface area (Å²) in [5.41, 5.74) is 17.4. The number of carbonyl (C=O) groups is 8. The zero-order chi connectivity index (χ0) is 34.1. The Labute approximate surface area is 261 Å². The number of aromatic amines is 1. The van der Waals surface area contributed by atoms with Crippen molar-refractivity contribution in [1.82, 2.24) is 25.8 Å². The summed E-state index contributed by atoms with van der Waals surface area (Å²) in [5, 5.41) is 26.3. The van der Waals surface area contributed by atoms with E-state index in [1.54, 1.807) is 30.5 Å². The number of nitrogens with two attached hydrogens (primary N) is 3. The van der Waals surface area contributed by atoms with E-state index in [9.17, 15) is 43.5 Å². The zero-order valence-corrected chi connectivity index (χ0v) is 24.6. The summed E-state index contributed by atoms with van der Waals surface area (Å²) in [6.45, 7) is 0.00161. The number of nitrogens with one attached hydrogen (secondary N) is 4. The van der Waals surface area contributed by atoms with Crippen molar-refractivity contribution in [2.45, 2.75) is 68.7 Å². The number of amides is 6. The van der Waals surface area contributed by atoms with Gasteiger partial charge in [-0.1, -0.05) is 18.2 Å². The zero-order valence-electron chi connectivity index (χ0n) is 24.6. The predicted octanol–water partition coefficient (Wildman–Crippen LogP) is -3.21. The first kappa shape index (κ1) is 35.0. The minimum absolute atomic E-state index is 0.00161. The van der Waals surface area contributed by atoms with E-state index in [0.29, 0.717) is 12.0 Å². The lowest BCUT2D eigenvalue weighted by Crippen LogP contribution is -2.59. The van der Waals surface area contributed by atoms with Crippen LogP contribution in [0.4, 0.5) is 0 Å². The highest BCUT2D eigenvalue weighted by molar-refractivity contribution is 5.98. The standard InChI is InChI=1S/C28H36N8O10/c29-15(9-23(39)40)24(41)34-18(11-22(31)38)27(44)36-7-3-6-20(36)26(43)33-17(10-21(30)37)25(42)35-19(28(45)46)8-13-12-32-16-5-2-1-4-14(13)16/h1-2,4-5,12,15,17-20,32H,3,6-11,29H2,(H2,30,37)(H2,31,38)(H,33,43)(H,34,41)(H,35,42)(H,39,40)(H,45,46)/t15-,17-,18-,19-,20-/m0/s1. The van der Waals surface area contributed by atoms with Crippen LogP contribution in [0, 0.1) is 0 Å². The van der Waals surface area contributed by atoms with Crippen molar-refractivity contribution in [3.05, 3.63) is 36.0 Å². The van der Waals surface area contributed by atoms with E-state index in [0.717, 1.165) is 15.8 Å². The lowest BCUT2D eigenvalue weighted by atomic mass is 10.0. The van der Waals surface area contributed by atoms with E-state index >= 15 is 0 Å². The number of hydrogen-bond donors (Lipinski definition) is 9. The molecule has 0 saturated carbocycles. The molecule has 1 aliphatic heterocycles.